The highest BCUT2D eigenvalue weighted by Gasteiger charge is 2.21. The Morgan fingerprint density at radius 3 is 2.33 bits per heavy atom. The molecule has 0 unspecified atom stereocenters. The van der Waals surface area contributed by atoms with E-state index in [0.717, 1.165) is 5.56 Å². The highest BCUT2D eigenvalue weighted by molar-refractivity contribution is 6.31. The zero-order chi connectivity index (χ0) is 27.5. The fourth-order valence-corrected chi connectivity index (χ4v) is 4.39. The Morgan fingerprint density at radius 2 is 1.59 bits per heavy atom. The van der Waals surface area contributed by atoms with Gasteiger partial charge in [0.15, 0.2) is 18.2 Å². The van der Waals surface area contributed by atoms with Crippen LogP contribution in [0, 0.1) is 6.92 Å². The molecular formula is C31H21Cl2NO5. The minimum absolute atomic E-state index is 0.109. The predicted octanol–water partition coefficient (Wildman–Crippen LogP) is 7.32. The lowest BCUT2D eigenvalue weighted by Crippen LogP contribution is -2.23. The summed E-state index contributed by atoms with van der Waals surface area (Å²) in [5.74, 6) is -0.815. The number of hydrogen-bond acceptors (Lipinski definition) is 5. The summed E-state index contributed by atoms with van der Waals surface area (Å²) in [6.45, 7) is 1.35. The lowest BCUT2D eigenvalue weighted by molar-refractivity contribution is -0.118. The number of aryl methyl sites for hydroxylation is 1. The van der Waals surface area contributed by atoms with Crippen LogP contribution in [0.25, 0.3) is 22.3 Å². The van der Waals surface area contributed by atoms with E-state index in [0.29, 0.717) is 32.1 Å². The Bertz CT molecular complexity index is 1760. The summed E-state index contributed by atoms with van der Waals surface area (Å²) in [6, 6.07) is 25.2. The number of anilines is 1. The van der Waals surface area contributed by atoms with Crippen LogP contribution in [0.4, 0.5) is 5.69 Å². The van der Waals surface area contributed by atoms with Crippen LogP contribution in [-0.4, -0.2) is 18.3 Å². The van der Waals surface area contributed by atoms with E-state index in [9.17, 15) is 14.4 Å². The molecule has 0 aliphatic heterocycles. The first-order chi connectivity index (χ1) is 18.8. The number of ether oxygens (including phenoxy) is 1. The quantitative estimate of drug-likeness (QED) is 0.212. The average molecular weight is 558 g/mol. The molecule has 0 saturated heterocycles. The number of hydrogen-bond donors (Lipinski definition) is 1. The summed E-state index contributed by atoms with van der Waals surface area (Å²) in [5.41, 5.74) is 2.34. The summed E-state index contributed by atoms with van der Waals surface area (Å²) in [4.78, 5) is 39.5. The van der Waals surface area contributed by atoms with Crippen molar-refractivity contribution >= 4 is 51.5 Å². The van der Waals surface area contributed by atoms with Gasteiger partial charge in [0.25, 0.3) is 5.91 Å². The minimum Gasteiger partial charge on any atom is -0.476 e. The Labute approximate surface area is 233 Å². The summed E-state index contributed by atoms with van der Waals surface area (Å²) in [5, 5.41) is 3.89. The van der Waals surface area contributed by atoms with Crippen LogP contribution in [-0.2, 0) is 4.79 Å². The smallest absolute Gasteiger partial charge is 0.262 e. The van der Waals surface area contributed by atoms with Gasteiger partial charge in [0, 0.05) is 26.7 Å². The second kappa shape index (κ2) is 11.2. The third-order valence-electron chi connectivity index (χ3n) is 5.99. The Hall–Kier alpha value is -4.39. The highest BCUT2D eigenvalue weighted by Crippen LogP contribution is 2.32. The lowest BCUT2D eigenvalue weighted by atomic mass is 10.0. The number of rotatable bonds is 7. The van der Waals surface area contributed by atoms with Crippen molar-refractivity contribution in [2.75, 3.05) is 11.9 Å². The molecule has 1 amide bonds. The van der Waals surface area contributed by atoms with E-state index in [1.165, 1.54) is 6.07 Å². The first-order valence-electron chi connectivity index (χ1n) is 12.0. The normalized spacial score (nSPS) is 10.8. The number of benzene rings is 4. The maximum absolute atomic E-state index is 13.4. The second-order valence-corrected chi connectivity index (χ2v) is 9.69. The SMILES string of the molecule is Cc1ccc2oc(-c3ccc(Cl)cc3)c(OCC(=O)Nc3ccc(Cl)cc3C(=O)c3ccccc3)c(=O)c2c1. The average Bonchev–Trinajstić information content (AvgIpc) is 2.94. The molecule has 5 aromatic rings. The van der Waals surface area contributed by atoms with Gasteiger partial charge in [0.05, 0.1) is 11.1 Å². The fourth-order valence-electron chi connectivity index (χ4n) is 4.10. The molecule has 0 aliphatic carbocycles. The van der Waals surface area contributed by atoms with Gasteiger partial charge in [-0.05, 0) is 61.5 Å². The molecule has 194 valence electrons. The van der Waals surface area contributed by atoms with Gasteiger partial charge in [-0.1, -0.05) is 65.2 Å². The Morgan fingerprint density at radius 1 is 0.872 bits per heavy atom. The van der Waals surface area contributed by atoms with Crippen molar-refractivity contribution in [2.24, 2.45) is 0 Å². The number of fused-ring (bicyclic) bond motifs is 1. The van der Waals surface area contributed by atoms with Crippen LogP contribution in [0.15, 0.2) is 100 Å². The van der Waals surface area contributed by atoms with Crippen LogP contribution >= 0.6 is 23.2 Å². The third-order valence-corrected chi connectivity index (χ3v) is 6.48. The summed E-state index contributed by atoms with van der Waals surface area (Å²) < 4.78 is 11.8. The second-order valence-electron chi connectivity index (χ2n) is 8.82. The van der Waals surface area contributed by atoms with E-state index in [4.69, 9.17) is 32.4 Å². The molecule has 39 heavy (non-hydrogen) atoms. The minimum atomic E-state index is -0.578. The molecule has 1 heterocycles. The molecule has 0 atom stereocenters. The number of halogens is 2. The molecule has 0 bridgehead atoms. The van der Waals surface area contributed by atoms with Gasteiger partial charge in [0.2, 0.25) is 11.2 Å². The maximum atomic E-state index is 13.4. The van der Waals surface area contributed by atoms with Crippen LogP contribution in [0.3, 0.4) is 0 Å². The number of carbonyl (C=O) groups is 2. The molecule has 8 heteroatoms. The third kappa shape index (κ3) is 5.72. The zero-order valence-corrected chi connectivity index (χ0v) is 22.2. The summed E-state index contributed by atoms with van der Waals surface area (Å²) in [7, 11) is 0. The summed E-state index contributed by atoms with van der Waals surface area (Å²) >= 11 is 12.2. The molecular weight excluding hydrogens is 537 g/mol. The van der Waals surface area contributed by atoms with Gasteiger partial charge in [-0.25, -0.2) is 0 Å². The van der Waals surface area contributed by atoms with Gasteiger partial charge in [0.1, 0.15) is 5.58 Å². The molecule has 0 spiro atoms. The Kier molecular flexibility index (Phi) is 7.50. The van der Waals surface area contributed by atoms with E-state index in [2.05, 4.69) is 5.32 Å². The van der Waals surface area contributed by atoms with Crippen molar-refractivity contribution in [3.8, 4) is 17.1 Å². The van der Waals surface area contributed by atoms with Gasteiger partial charge < -0.3 is 14.5 Å². The van der Waals surface area contributed by atoms with Crippen molar-refractivity contribution < 1.29 is 18.7 Å². The molecule has 5 rings (SSSR count). The van der Waals surface area contributed by atoms with Crippen LogP contribution in [0.1, 0.15) is 21.5 Å². The number of ketones is 1. The van der Waals surface area contributed by atoms with Crippen LogP contribution in [0.2, 0.25) is 10.0 Å². The standard InChI is InChI=1S/C31H21Cl2NO5/c1-18-7-14-26-24(15-18)29(37)31(30(39-26)20-8-10-21(32)11-9-20)38-17-27(35)34-25-13-12-22(33)16-23(25)28(36)19-5-3-2-4-6-19/h2-16H,17H2,1H3,(H,34,35). The summed E-state index contributed by atoms with van der Waals surface area (Å²) in [6.07, 6.45) is 0. The molecule has 4 aromatic carbocycles. The monoisotopic (exact) mass is 557 g/mol. The predicted molar refractivity (Wildman–Crippen MR) is 153 cm³/mol. The van der Waals surface area contributed by atoms with Gasteiger partial charge >= 0.3 is 0 Å². The van der Waals surface area contributed by atoms with Crippen molar-refractivity contribution in [1.82, 2.24) is 0 Å². The molecule has 0 aliphatic rings. The van der Waals surface area contributed by atoms with E-state index >= 15 is 0 Å². The molecule has 1 aromatic heterocycles. The zero-order valence-electron chi connectivity index (χ0n) is 20.7. The van der Waals surface area contributed by atoms with E-state index in [1.54, 1.807) is 78.9 Å². The number of nitrogens with one attached hydrogen (secondary N) is 1. The topological polar surface area (TPSA) is 85.6 Å². The van der Waals surface area contributed by atoms with Crippen LogP contribution < -0.4 is 15.5 Å². The molecule has 6 nitrogen and oxygen atoms in total. The van der Waals surface area contributed by atoms with E-state index in [-0.39, 0.29) is 28.5 Å². The number of carbonyl (C=O) groups excluding carboxylic acids is 2. The Balaban J connectivity index is 1.45. The van der Waals surface area contributed by atoms with Crippen LogP contribution in [0.5, 0.6) is 5.75 Å². The van der Waals surface area contributed by atoms with Crippen molar-refractivity contribution in [3.63, 3.8) is 0 Å². The molecule has 0 saturated carbocycles. The van der Waals surface area contributed by atoms with E-state index in [1.807, 2.05) is 13.0 Å². The van der Waals surface area contributed by atoms with Crippen molar-refractivity contribution in [3.05, 3.63) is 128 Å². The molecule has 1 N–H and O–H groups in total. The number of amides is 1. The largest absolute Gasteiger partial charge is 0.476 e. The van der Waals surface area contributed by atoms with Gasteiger partial charge in [-0.3, -0.25) is 14.4 Å². The van der Waals surface area contributed by atoms with Gasteiger partial charge in [-0.15, -0.1) is 0 Å². The maximum Gasteiger partial charge on any atom is 0.262 e. The first-order valence-corrected chi connectivity index (χ1v) is 12.7. The lowest BCUT2D eigenvalue weighted by Gasteiger charge is -2.14. The van der Waals surface area contributed by atoms with Crippen molar-refractivity contribution in [1.29, 1.82) is 0 Å². The molecule has 0 fully saturated rings. The van der Waals surface area contributed by atoms with E-state index < -0.39 is 17.9 Å². The van der Waals surface area contributed by atoms with Gasteiger partial charge in [-0.2, -0.15) is 0 Å². The first kappa shape index (κ1) is 26.2. The van der Waals surface area contributed by atoms with Crippen molar-refractivity contribution in [2.45, 2.75) is 6.92 Å². The fraction of sp³-hybridized carbons (Fsp3) is 0.0645. The highest BCUT2D eigenvalue weighted by atomic mass is 35.5. The molecule has 0 radical (unpaired) electrons.